The minimum absolute atomic E-state index is 0.664. The quantitative estimate of drug-likeness (QED) is 0.586. The summed E-state index contributed by atoms with van der Waals surface area (Å²) in [5.41, 5.74) is 7.83. The fourth-order valence-electron chi connectivity index (χ4n) is 2.66. The Balaban J connectivity index is 1.88. The van der Waals surface area contributed by atoms with Crippen molar-refractivity contribution in [3.63, 3.8) is 0 Å². The molecule has 0 unspecified atom stereocenters. The number of aryl methyl sites for hydroxylation is 3. The molecule has 0 aliphatic rings. The lowest BCUT2D eigenvalue weighted by molar-refractivity contribution is 1.04. The first-order valence-corrected chi connectivity index (χ1v) is 7.22. The van der Waals surface area contributed by atoms with Gasteiger partial charge >= 0.3 is 0 Å². The fraction of sp³-hybridized carbons (Fsp3) is 0.167. The van der Waals surface area contributed by atoms with E-state index in [1.54, 1.807) is 6.20 Å². The number of hydrogen-bond acceptors (Lipinski definition) is 4. The Bertz CT molecular complexity index is 824. The van der Waals surface area contributed by atoms with E-state index in [1.807, 2.05) is 30.5 Å². The zero-order chi connectivity index (χ0) is 15.5. The molecule has 1 aromatic heterocycles. The third kappa shape index (κ3) is 2.81. The summed E-state index contributed by atoms with van der Waals surface area (Å²) in [7, 11) is 0. The molecule has 4 nitrogen and oxygen atoms in total. The Morgan fingerprint density at radius 1 is 1.05 bits per heavy atom. The van der Waals surface area contributed by atoms with Crippen molar-refractivity contribution in [2.45, 2.75) is 20.8 Å². The highest BCUT2D eigenvalue weighted by atomic mass is 15.3. The molecule has 0 radical (unpaired) electrons. The van der Waals surface area contributed by atoms with Gasteiger partial charge in [-0.3, -0.25) is 5.43 Å². The van der Waals surface area contributed by atoms with Crippen LogP contribution < -0.4 is 5.43 Å². The van der Waals surface area contributed by atoms with Crippen molar-refractivity contribution in [2.75, 3.05) is 5.43 Å². The Labute approximate surface area is 129 Å². The smallest absolute Gasteiger partial charge is 0.176 e. The lowest BCUT2D eigenvalue weighted by Crippen LogP contribution is -1.99. The maximum atomic E-state index is 4.34. The van der Waals surface area contributed by atoms with Crippen molar-refractivity contribution in [3.05, 3.63) is 64.8 Å². The van der Waals surface area contributed by atoms with E-state index in [9.17, 15) is 0 Å². The monoisotopic (exact) mass is 290 g/mol. The molecule has 4 heteroatoms. The summed E-state index contributed by atoms with van der Waals surface area (Å²) in [5.74, 6) is 0.664. The molecule has 1 N–H and O–H groups in total. The van der Waals surface area contributed by atoms with Crippen molar-refractivity contribution in [2.24, 2.45) is 5.10 Å². The SMILES string of the molecule is Cc1cc(C)c(C=NNc2nncc3ccccc23)c(C)c1. The molecule has 0 spiro atoms. The van der Waals surface area contributed by atoms with E-state index >= 15 is 0 Å². The molecule has 110 valence electrons. The largest absolute Gasteiger partial charge is 0.259 e. The lowest BCUT2D eigenvalue weighted by atomic mass is 10.0. The maximum absolute atomic E-state index is 4.34. The normalized spacial score (nSPS) is 11.2. The van der Waals surface area contributed by atoms with Crippen molar-refractivity contribution in [1.29, 1.82) is 0 Å². The zero-order valence-electron chi connectivity index (χ0n) is 13.0. The van der Waals surface area contributed by atoms with Crippen LogP contribution in [0.25, 0.3) is 10.8 Å². The van der Waals surface area contributed by atoms with Crippen LogP contribution in [0.3, 0.4) is 0 Å². The third-order valence-electron chi connectivity index (χ3n) is 3.67. The second-order valence-corrected chi connectivity index (χ2v) is 5.46. The van der Waals surface area contributed by atoms with Crippen molar-refractivity contribution < 1.29 is 0 Å². The van der Waals surface area contributed by atoms with Crippen LogP contribution in [0.5, 0.6) is 0 Å². The molecule has 0 atom stereocenters. The standard InChI is InChI=1S/C18H18N4/c1-12-8-13(2)17(14(3)9-12)11-20-22-18-16-7-5-4-6-15(16)10-19-21-18/h4-11H,1-3H3,(H,21,22). The molecule has 0 saturated heterocycles. The fourth-order valence-corrected chi connectivity index (χ4v) is 2.66. The molecule has 1 heterocycles. The van der Waals surface area contributed by atoms with Crippen LogP contribution in [0.4, 0.5) is 5.82 Å². The molecule has 3 rings (SSSR count). The number of hydrazone groups is 1. The first-order valence-electron chi connectivity index (χ1n) is 7.22. The van der Waals surface area contributed by atoms with E-state index in [0.29, 0.717) is 5.82 Å². The number of rotatable bonds is 3. The first-order chi connectivity index (χ1) is 10.6. The highest BCUT2D eigenvalue weighted by Crippen LogP contribution is 2.19. The first kappa shape index (κ1) is 14.2. The van der Waals surface area contributed by atoms with Crippen molar-refractivity contribution >= 4 is 22.8 Å². The summed E-state index contributed by atoms with van der Waals surface area (Å²) in [6.45, 7) is 6.29. The summed E-state index contributed by atoms with van der Waals surface area (Å²) in [6.07, 6.45) is 3.59. The van der Waals surface area contributed by atoms with Gasteiger partial charge in [0.25, 0.3) is 0 Å². The summed E-state index contributed by atoms with van der Waals surface area (Å²) in [4.78, 5) is 0. The highest BCUT2D eigenvalue weighted by molar-refractivity contribution is 5.91. The maximum Gasteiger partial charge on any atom is 0.176 e. The molecule has 0 amide bonds. The Hall–Kier alpha value is -2.75. The van der Waals surface area contributed by atoms with Gasteiger partial charge < -0.3 is 0 Å². The van der Waals surface area contributed by atoms with E-state index < -0.39 is 0 Å². The van der Waals surface area contributed by atoms with Gasteiger partial charge in [0.1, 0.15) is 0 Å². The van der Waals surface area contributed by atoms with Gasteiger partial charge in [-0.2, -0.15) is 10.2 Å². The van der Waals surface area contributed by atoms with E-state index in [4.69, 9.17) is 0 Å². The van der Waals surface area contributed by atoms with Crippen LogP contribution in [0.15, 0.2) is 47.7 Å². The average Bonchev–Trinajstić information content (AvgIpc) is 2.50. The number of benzene rings is 2. The van der Waals surface area contributed by atoms with Crippen LogP contribution in [0.2, 0.25) is 0 Å². The predicted molar refractivity (Wildman–Crippen MR) is 91.4 cm³/mol. The number of nitrogens with one attached hydrogen (secondary N) is 1. The molecule has 0 aliphatic carbocycles. The molecule has 0 bridgehead atoms. The van der Waals surface area contributed by atoms with Crippen LogP contribution in [-0.4, -0.2) is 16.4 Å². The highest BCUT2D eigenvalue weighted by Gasteiger charge is 2.03. The summed E-state index contributed by atoms with van der Waals surface area (Å²) in [5, 5.41) is 14.5. The van der Waals surface area contributed by atoms with E-state index in [-0.39, 0.29) is 0 Å². The van der Waals surface area contributed by atoms with E-state index in [1.165, 1.54) is 16.7 Å². The van der Waals surface area contributed by atoms with Gasteiger partial charge in [-0.15, -0.1) is 5.10 Å². The van der Waals surface area contributed by atoms with E-state index in [0.717, 1.165) is 16.3 Å². The summed E-state index contributed by atoms with van der Waals surface area (Å²) in [6, 6.07) is 12.3. The minimum Gasteiger partial charge on any atom is -0.259 e. The second-order valence-electron chi connectivity index (χ2n) is 5.46. The molecule has 22 heavy (non-hydrogen) atoms. The van der Waals surface area contributed by atoms with Crippen molar-refractivity contribution in [3.8, 4) is 0 Å². The second kappa shape index (κ2) is 5.93. The Kier molecular flexibility index (Phi) is 3.83. The molecule has 0 aliphatic heterocycles. The van der Waals surface area contributed by atoms with Crippen molar-refractivity contribution in [1.82, 2.24) is 10.2 Å². The van der Waals surface area contributed by atoms with Gasteiger partial charge in [0.15, 0.2) is 5.82 Å². The number of hydrogen-bond donors (Lipinski definition) is 1. The van der Waals surface area contributed by atoms with Gasteiger partial charge in [-0.1, -0.05) is 42.0 Å². The molecular weight excluding hydrogens is 272 g/mol. The van der Waals surface area contributed by atoms with Gasteiger partial charge in [-0.05, 0) is 31.9 Å². The summed E-state index contributed by atoms with van der Waals surface area (Å²) < 4.78 is 0. The number of anilines is 1. The molecule has 3 aromatic rings. The van der Waals surface area contributed by atoms with Gasteiger partial charge in [0.2, 0.25) is 0 Å². The molecule has 2 aromatic carbocycles. The molecule has 0 fully saturated rings. The van der Waals surface area contributed by atoms with E-state index in [2.05, 4.69) is 53.6 Å². The summed E-state index contributed by atoms with van der Waals surface area (Å²) >= 11 is 0. The number of fused-ring (bicyclic) bond motifs is 1. The average molecular weight is 290 g/mol. The minimum atomic E-state index is 0.664. The number of nitrogens with zero attached hydrogens (tertiary/aromatic N) is 3. The zero-order valence-corrected chi connectivity index (χ0v) is 13.0. The van der Waals surface area contributed by atoms with Gasteiger partial charge in [-0.25, -0.2) is 0 Å². The van der Waals surface area contributed by atoms with Crippen LogP contribution in [0.1, 0.15) is 22.3 Å². The van der Waals surface area contributed by atoms with Crippen LogP contribution in [-0.2, 0) is 0 Å². The number of aromatic nitrogens is 2. The molecular formula is C18H18N4. The Morgan fingerprint density at radius 2 is 1.77 bits per heavy atom. The van der Waals surface area contributed by atoms with Crippen LogP contribution in [0, 0.1) is 20.8 Å². The predicted octanol–water partition coefficient (Wildman–Crippen LogP) is 4.00. The van der Waals surface area contributed by atoms with Crippen LogP contribution >= 0.6 is 0 Å². The Morgan fingerprint density at radius 3 is 2.55 bits per heavy atom. The van der Waals surface area contributed by atoms with Gasteiger partial charge in [0.05, 0.1) is 12.4 Å². The lowest BCUT2D eigenvalue weighted by Gasteiger charge is -2.07. The third-order valence-corrected chi connectivity index (χ3v) is 3.67. The molecule has 0 saturated carbocycles. The topological polar surface area (TPSA) is 50.2 Å². The van der Waals surface area contributed by atoms with Gasteiger partial charge in [0, 0.05) is 16.3 Å².